The van der Waals surface area contributed by atoms with Gasteiger partial charge in [-0.2, -0.15) is 0 Å². The van der Waals surface area contributed by atoms with Crippen LogP contribution in [-0.2, 0) is 10.5 Å². The molecule has 1 aromatic carbocycles. The largest absolute Gasteiger partial charge is 0.300 e. The summed E-state index contributed by atoms with van der Waals surface area (Å²) in [7, 11) is 0. The van der Waals surface area contributed by atoms with Gasteiger partial charge in [0, 0.05) is 11.7 Å². The first-order valence-corrected chi connectivity index (χ1v) is 8.84. The monoisotopic (exact) mass is 321 g/mol. The summed E-state index contributed by atoms with van der Waals surface area (Å²) in [4.78, 5) is 12.0. The molecule has 0 aliphatic heterocycles. The van der Waals surface area contributed by atoms with Crippen molar-refractivity contribution in [3.8, 4) is 0 Å². The molecule has 0 atom stereocenters. The van der Waals surface area contributed by atoms with E-state index < -0.39 is 0 Å². The standard InChI is InChI=1S/C15H19N3OS2/c1-3-12(4-2)13(19)16-14-17-18-15(21-14)20-10-11-8-6-5-7-9-11/h5-9,12H,3-4,10H2,1-2H3,(H,16,17,19). The molecule has 0 aliphatic rings. The van der Waals surface area contributed by atoms with E-state index >= 15 is 0 Å². The van der Waals surface area contributed by atoms with Crippen molar-refractivity contribution in [1.82, 2.24) is 10.2 Å². The van der Waals surface area contributed by atoms with Crippen LogP contribution in [0.4, 0.5) is 5.13 Å². The molecule has 112 valence electrons. The number of benzene rings is 1. The zero-order chi connectivity index (χ0) is 15.1. The Hall–Kier alpha value is -1.40. The molecule has 6 heteroatoms. The van der Waals surface area contributed by atoms with Crippen LogP contribution >= 0.6 is 23.1 Å². The van der Waals surface area contributed by atoms with Gasteiger partial charge in [-0.3, -0.25) is 4.79 Å². The second kappa shape index (κ2) is 8.14. The summed E-state index contributed by atoms with van der Waals surface area (Å²) in [5, 5.41) is 11.6. The molecule has 0 aliphatic carbocycles. The lowest BCUT2D eigenvalue weighted by Crippen LogP contribution is -2.21. The number of aromatic nitrogens is 2. The summed E-state index contributed by atoms with van der Waals surface area (Å²) in [6.07, 6.45) is 1.69. The third kappa shape index (κ3) is 4.82. The Morgan fingerprint density at radius 1 is 1.24 bits per heavy atom. The highest BCUT2D eigenvalue weighted by molar-refractivity contribution is 8.00. The number of hydrogen-bond acceptors (Lipinski definition) is 5. The highest BCUT2D eigenvalue weighted by Crippen LogP contribution is 2.28. The number of amides is 1. The van der Waals surface area contributed by atoms with E-state index in [-0.39, 0.29) is 11.8 Å². The van der Waals surface area contributed by atoms with Gasteiger partial charge in [-0.1, -0.05) is 67.3 Å². The Bertz CT molecular complexity index is 567. The molecule has 2 aromatic rings. The number of rotatable bonds is 7. The van der Waals surface area contributed by atoms with Crippen LogP contribution in [0.1, 0.15) is 32.3 Å². The Labute approximate surface area is 133 Å². The maximum absolute atomic E-state index is 12.0. The van der Waals surface area contributed by atoms with Gasteiger partial charge in [-0.25, -0.2) is 0 Å². The Kier molecular flexibility index (Phi) is 6.20. The fourth-order valence-electron chi connectivity index (χ4n) is 1.90. The van der Waals surface area contributed by atoms with Crippen LogP contribution < -0.4 is 5.32 Å². The number of nitrogens with one attached hydrogen (secondary N) is 1. The molecular weight excluding hydrogens is 302 g/mol. The third-order valence-electron chi connectivity index (χ3n) is 3.20. The van der Waals surface area contributed by atoms with E-state index in [0.29, 0.717) is 5.13 Å². The van der Waals surface area contributed by atoms with Crippen LogP contribution in [0, 0.1) is 5.92 Å². The van der Waals surface area contributed by atoms with Crippen molar-refractivity contribution < 1.29 is 4.79 Å². The summed E-state index contributed by atoms with van der Waals surface area (Å²) in [6.45, 7) is 4.05. The number of carbonyl (C=O) groups excluding carboxylic acids is 1. The topological polar surface area (TPSA) is 54.9 Å². The van der Waals surface area contributed by atoms with E-state index in [1.165, 1.54) is 16.9 Å². The van der Waals surface area contributed by atoms with Gasteiger partial charge in [-0.05, 0) is 18.4 Å². The second-order valence-electron chi connectivity index (χ2n) is 4.65. The second-order valence-corrected chi connectivity index (χ2v) is 6.85. The minimum Gasteiger partial charge on any atom is -0.300 e. The average Bonchev–Trinajstić information content (AvgIpc) is 2.95. The molecule has 0 bridgehead atoms. The normalized spacial score (nSPS) is 10.8. The summed E-state index contributed by atoms with van der Waals surface area (Å²) in [6, 6.07) is 10.2. The molecule has 0 fully saturated rings. The zero-order valence-corrected chi connectivity index (χ0v) is 13.8. The predicted octanol–water partition coefficient (Wildman–Crippen LogP) is 4.21. The molecule has 1 N–H and O–H groups in total. The van der Waals surface area contributed by atoms with E-state index in [2.05, 4.69) is 27.6 Å². The van der Waals surface area contributed by atoms with Crippen molar-refractivity contribution in [2.24, 2.45) is 5.92 Å². The summed E-state index contributed by atoms with van der Waals surface area (Å²) < 4.78 is 0.874. The molecule has 0 saturated heterocycles. The lowest BCUT2D eigenvalue weighted by molar-refractivity contribution is -0.120. The van der Waals surface area contributed by atoms with Crippen molar-refractivity contribution in [3.63, 3.8) is 0 Å². The molecule has 21 heavy (non-hydrogen) atoms. The van der Waals surface area contributed by atoms with E-state index in [1.807, 2.05) is 32.0 Å². The first-order valence-electron chi connectivity index (χ1n) is 7.04. The molecule has 1 amide bonds. The molecule has 0 saturated carbocycles. The minimum atomic E-state index is 0.0377. The van der Waals surface area contributed by atoms with E-state index in [9.17, 15) is 4.79 Å². The quantitative estimate of drug-likeness (QED) is 0.613. The molecule has 0 unspecified atom stereocenters. The van der Waals surface area contributed by atoms with Crippen molar-refractivity contribution in [2.45, 2.75) is 36.8 Å². The van der Waals surface area contributed by atoms with Crippen LogP contribution in [0.2, 0.25) is 0 Å². The van der Waals surface area contributed by atoms with Gasteiger partial charge >= 0.3 is 0 Å². The first-order chi connectivity index (χ1) is 10.2. The number of carbonyl (C=O) groups is 1. The fraction of sp³-hybridized carbons (Fsp3) is 0.400. The molecule has 4 nitrogen and oxygen atoms in total. The highest BCUT2D eigenvalue weighted by Gasteiger charge is 2.16. The van der Waals surface area contributed by atoms with Crippen LogP contribution in [0.5, 0.6) is 0 Å². The molecular formula is C15H19N3OS2. The van der Waals surface area contributed by atoms with Crippen LogP contribution in [-0.4, -0.2) is 16.1 Å². The SMILES string of the molecule is CCC(CC)C(=O)Nc1nnc(SCc2ccccc2)s1. The number of thioether (sulfide) groups is 1. The smallest absolute Gasteiger partial charge is 0.229 e. The van der Waals surface area contributed by atoms with Gasteiger partial charge in [0.05, 0.1) is 0 Å². The van der Waals surface area contributed by atoms with Gasteiger partial charge in [0.25, 0.3) is 0 Å². The van der Waals surface area contributed by atoms with Crippen LogP contribution in [0.25, 0.3) is 0 Å². The number of hydrogen-bond donors (Lipinski definition) is 1. The predicted molar refractivity (Wildman–Crippen MR) is 88.6 cm³/mol. The van der Waals surface area contributed by atoms with Crippen molar-refractivity contribution in [2.75, 3.05) is 5.32 Å². The van der Waals surface area contributed by atoms with E-state index in [0.717, 1.165) is 22.9 Å². The lowest BCUT2D eigenvalue weighted by atomic mass is 10.0. The Morgan fingerprint density at radius 3 is 2.62 bits per heavy atom. The van der Waals surface area contributed by atoms with E-state index in [1.54, 1.807) is 11.8 Å². The van der Waals surface area contributed by atoms with Crippen molar-refractivity contribution in [3.05, 3.63) is 35.9 Å². The maximum Gasteiger partial charge on any atom is 0.229 e. The van der Waals surface area contributed by atoms with E-state index in [4.69, 9.17) is 0 Å². The summed E-state index contributed by atoms with van der Waals surface area (Å²) >= 11 is 3.06. The van der Waals surface area contributed by atoms with Crippen molar-refractivity contribution in [1.29, 1.82) is 0 Å². The number of anilines is 1. The van der Waals surface area contributed by atoms with Gasteiger partial charge < -0.3 is 5.32 Å². The highest BCUT2D eigenvalue weighted by atomic mass is 32.2. The molecule has 0 radical (unpaired) electrons. The third-order valence-corrected chi connectivity index (χ3v) is 5.24. The average molecular weight is 321 g/mol. The number of nitrogens with zero attached hydrogens (tertiary/aromatic N) is 2. The Balaban J connectivity index is 1.88. The molecule has 1 heterocycles. The van der Waals surface area contributed by atoms with Crippen LogP contribution in [0.3, 0.4) is 0 Å². The van der Waals surface area contributed by atoms with Crippen LogP contribution in [0.15, 0.2) is 34.7 Å². The summed E-state index contributed by atoms with van der Waals surface area (Å²) in [5.74, 6) is 0.945. The molecule has 1 aromatic heterocycles. The first kappa shape index (κ1) is 16.0. The Morgan fingerprint density at radius 2 is 1.95 bits per heavy atom. The molecule has 2 rings (SSSR count). The van der Waals surface area contributed by atoms with Gasteiger partial charge in [0.15, 0.2) is 4.34 Å². The minimum absolute atomic E-state index is 0.0377. The van der Waals surface area contributed by atoms with Gasteiger partial charge in [0.1, 0.15) is 0 Å². The zero-order valence-electron chi connectivity index (χ0n) is 12.2. The van der Waals surface area contributed by atoms with Gasteiger partial charge in [0.2, 0.25) is 11.0 Å². The lowest BCUT2D eigenvalue weighted by Gasteiger charge is -2.09. The summed E-state index contributed by atoms with van der Waals surface area (Å²) in [5.41, 5.74) is 1.25. The maximum atomic E-state index is 12.0. The molecule has 0 spiro atoms. The fourth-order valence-corrected chi connectivity index (χ4v) is 3.62. The van der Waals surface area contributed by atoms with Crippen molar-refractivity contribution >= 4 is 34.1 Å². The van der Waals surface area contributed by atoms with Gasteiger partial charge in [-0.15, -0.1) is 10.2 Å².